The molecular formula is C13H23N3O2S. The van der Waals surface area contributed by atoms with Gasteiger partial charge in [-0.15, -0.1) is 0 Å². The summed E-state index contributed by atoms with van der Waals surface area (Å²) in [5.41, 5.74) is 0.839. The first-order valence-corrected chi connectivity index (χ1v) is 7.15. The monoisotopic (exact) mass is 285 g/mol. The minimum atomic E-state index is -0.115. The molecule has 1 amide bonds. The predicted molar refractivity (Wildman–Crippen MR) is 78.7 cm³/mol. The Bertz CT molecular complexity index is 488. The van der Waals surface area contributed by atoms with Crippen LogP contribution in [0.3, 0.4) is 0 Å². The quantitative estimate of drug-likeness (QED) is 0.846. The minimum Gasteiger partial charge on any atom is -0.354 e. The van der Waals surface area contributed by atoms with Gasteiger partial charge in [-0.05, 0) is 26.4 Å². The fourth-order valence-corrected chi connectivity index (χ4v) is 2.78. The molecule has 0 unspecified atom stereocenters. The Kier molecular flexibility index (Phi) is 5.31. The number of hydrogen-bond donors (Lipinski definition) is 1. The van der Waals surface area contributed by atoms with E-state index in [1.54, 1.807) is 5.38 Å². The normalized spacial score (nSPS) is 11.9. The van der Waals surface area contributed by atoms with E-state index in [0.717, 1.165) is 23.6 Å². The standard InChI is InChI=1S/C13H23N3O2S/c1-10-7-19-12(18)16(10)6-11(17)14-8-13(2,3)9-15(4)5/h7H,6,8-9H2,1-5H3,(H,14,17). The van der Waals surface area contributed by atoms with Gasteiger partial charge >= 0.3 is 4.87 Å². The van der Waals surface area contributed by atoms with Crippen molar-refractivity contribution in [2.75, 3.05) is 27.2 Å². The van der Waals surface area contributed by atoms with Gasteiger partial charge in [0, 0.05) is 24.2 Å². The highest BCUT2D eigenvalue weighted by Crippen LogP contribution is 2.14. The molecule has 0 aliphatic rings. The fourth-order valence-electron chi connectivity index (χ4n) is 2.05. The van der Waals surface area contributed by atoms with Crippen LogP contribution in [0.4, 0.5) is 0 Å². The number of carbonyl (C=O) groups excluding carboxylic acids is 1. The summed E-state index contributed by atoms with van der Waals surface area (Å²) in [5.74, 6) is -0.115. The minimum absolute atomic E-state index is 0.00775. The van der Waals surface area contributed by atoms with Crippen molar-refractivity contribution in [2.24, 2.45) is 5.41 Å². The highest BCUT2D eigenvalue weighted by Gasteiger charge is 2.20. The van der Waals surface area contributed by atoms with Crippen LogP contribution in [-0.4, -0.2) is 42.6 Å². The second kappa shape index (κ2) is 6.34. The first-order chi connectivity index (χ1) is 8.71. The van der Waals surface area contributed by atoms with E-state index in [2.05, 4.69) is 24.1 Å². The van der Waals surface area contributed by atoms with Gasteiger partial charge in [-0.3, -0.25) is 14.2 Å². The topological polar surface area (TPSA) is 54.3 Å². The van der Waals surface area contributed by atoms with Crippen molar-refractivity contribution in [1.29, 1.82) is 0 Å². The Morgan fingerprint density at radius 2 is 2.11 bits per heavy atom. The largest absolute Gasteiger partial charge is 0.354 e. The molecule has 1 heterocycles. The third kappa shape index (κ3) is 5.16. The van der Waals surface area contributed by atoms with E-state index < -0.39 is 0 Å². The first-order valence-electron chi connectivity index (χ1n) is 6.28. The predicted octanol–water partition coefficient (Wildman–Crippen LogP) is 0.922. The summed E-state index contributed by atoms with van der Waals surface area (Å²) in [4.78, 5) is 25.4. The lowest BCUT2D eigenvalue weighted by atomic mass is 9.93. The number of carbonyl (C=O) groups is 1. The average Bonchev–Trinajstić information content (AvgIpc) is 2.57. The SMILES string of the molecule is Cc1csc(=O)n1CC(=O)NCC(C)(C)CN(C)C. The number of aromatic nitrogens is 1. The second-order valence-electron chi connectivity index (χ2n) is 5.91. The molecule has 19 heavy (non-hydrogen) atoms. The van der Waals surface area contributed by atoms with Crippen LogP contribution in [0, 0.1) is 12.3 Å². The molecule has 108 valence electrons. The Balaban J connectivity index is 2.51. The van der Waals surface area contributed by atoms with Crippen molar-refractivity contribution in [2.45, 2.75) is 27.3 Å². The van der Waals surface area contributed by atoms with Crippen LogP contribution in [-0.2, 0) is 11.3 Å². The average molecular weight is 285 g/mol. The summed E-state index contributed by atoms with van der Waals surface area (Å²) >= 11 is 1.13. The summed E-state index contributed by atoms with van der Waals surface area (Å²) in [5, 5.41) is 4.67. The van der Waals surface area contributed by atoms with E-state index in [0.29, 0.717) is 6.54 Å². The lowest BCUT2D eigenvalue weighted by Crippen LogP contribution is -2.41. The van der Waals surface area contributed by atoms with Gasteiger partial charge in [0.2, 0.25) is 5.91 Å². The molecular weight excluding hydrogens is 262 g/mol. The van der Waals surface area contributed by atoms with Crippen LogP contribution in [0.15, 0.2) is 10.2 Å². The highest BCUT2D eigenvalue weighted by molar-refractivity contribution is 7.07. The maximum absolute atomic E-state index is 11.9. The molecule has 0 atom stereocenters. The number of hydrogen-bond acceptors (Lipinski definition) is 4. The molecule has 0 fully saturated rings. The second-order valence-corrected chi connectivity index (χ2v) is 6.73. The van der Waals surface area contributed by atoms with E-state index in [-0.39, 0.29) is 22.7 Å². The lowest BCUT2D eigenvalue weighted by molar-refractivity contribution is -0.122. The molecule has 5 nitrogen and oxygen atoms in total. The van der Waals surface area contributed by atoms with Crippen molar-refractivity contribution < 1.29 is 4.79 Å². The Morgan fingerprint density at radius 3 is 2.58 bits per heavy atom. The first kappa shape index (κ1) is 15.9. The Hall–Kier alpha value is -1.14. The molecule has 1 aromatic rings. The summed E-state index contributed by atoms with van der Waals surface area (Å²) in [6.45, 7) is 7.64. The van der Waals surface area contributed by atoms with Gasteiger partial charge in [-0.2, -0.15) is 0 Å². The van der Waals surface area contributed by atoms with E-state index in [1.807, 2.05) is 21.0 Å². The van der Waals surface area contributed by atoms with Crippen LogP contribution in [0.5, 0.6) is 0 Å². The van der Waals surface area contributed by atoms with Gasteiger partial charge in [-0.1, -0.05) is 25.2 Å². The molecule has 6 heteroatoms. The number of amides is 1. The molecule has 0 aromatic carbocycles. The van der Waals surface area contributed by atoms with E-state index in [1.165, 1.54) is 4.57 Å². The molecule has 1 rings (SSSR count). The van der Waals surface area contributed by atoms with Crippen molar-refractivity contribution in [3.05, 3.63) is 20.7 Å². The van der Waals surface area contributed by atoms with E-state index >= 15 is 0 Å². The summed E-state index contributed by atoms with van der Waals surface area (Å²) in [6, 6.07) is 0. The number of thiazole rings is 1. The highest BCUT2D eigenvalue weighted by atomic mass is 32.1. The van der Waals surface area contributed by atoms with Crippen LogP contribution in [0.1, 0.15) is 19.5 Å². The van der Waals surface area contributed by atoms with E-state index in [9.17, 15) is 9.59 Å². The molecule has 0 bridgehead atoms. The van der Waals surface area contributed by atoms with Crippen LogP contribution >= 0.6 is 11.3 Å². The van der Waals surface area contributed by atoms with Crippen molar-refractivity contribution >= 4 is 17.2 Å². The lowest BCUT2D eigenvalue weighted by Gasteiger charge is -2.28. The maximum Gasteiger partial charge on any atom is 0.307 e. The zero-order valence-electron chi connectivity index (χ0n) is 12.3. The van der Waals surface area contributed by atoms with Gasteiger partial charge in [0.15, 0.2) is 0 Å². The zero-order chi connectivity index (χ0) is 14.6. The molecule has 1 N–H and O–H groups in total. The van der Waals surface area contributed by atoms with Gasteiger partial charge in [-0.25, -0.2) is 0 Å². The van der Waals surface area contributed by atoms with Crippen molar-refractivity contribution in [3.63, 3.8) is 0 Å². The smallest absolute Gasteiger partial charge is 0.307 e. The van der Waals surface area contributed by atoms with Crippen molar-refractivity contribution in [3.8, 4) is 0 Å². The third-order valence-electron chi connectivity index (χ3n) is 2.79. The molecule has 1 aromatic heterocycles. The molecule has 0 radical (unpaired) electrons. The number of nitrogens with one attached hydrogen (secondary N) is 1. The van der Waals surface area contributed by atoms with Crippen LogP contribution in [0.25, 0.3) is 0 Å². The van der Waals surface area contributed by atoms with Crippen LogP contribution < -0.4 is 10.2 Å². The van der Waals surface area contributed by atoms with Gasteiger partial charge in [0.1, 0.15) is 6.54 Å². The molecule has 0 spiro atoms. The van der Waals surface area contributed by atoms with Crippen molar-refractivity contribution in [1.82, 2.24) is 14.8 Å². The summed E-state index contributed by atoms with van der Waals surface area (Å²) in [7, 11) is 4.02. The zero-order valence-corrected chi connectivity index (χ0v) is 13.1. The van der Waals surface area contributed by atoms with Gasteiger partial charge in [0.05, 0.1) is 0 Å². The molecule has 0 saturated heterocycles. The third-order valence-corrected chi connectivity index (χ3v) is 3.67. The Morgan fingerprint density at radius 1 is 1.47 bits per heavy atom. The summed E-state index contributed by atoms with van der Waals surface area (Å²) in [6.07, 6.45) is 0. The summed E-state index contributed by atoms with van der Waals surface area (Å²) < 4.78 is 1.50. The maximum atomic E-state index is 11.9. The molecule has 0 aliphatic heterocycles. The van der Waals surface area contributed by atoms with Gasteiger partial charge in [0.25, 0.3) is 0 Å². The number of nitrogens with zero attached hydrogens (tertiary/aromatic N) is 2. The number of aryl methyl sites for hydroxylation is 1. The molecule has 0 aliphatic carbocycles. The Labute approximate surface area is 118 Å². The van der Waals surface area contributed by atoms with Crippen LogP contribution in [0.2, 0.25) is 0 Å². The van der Waals surface area contributed by atoms with E-state index in [4.69, 9.17) is 0 Å². The fraction of sp³-hybridized carbons (Fsp3) is 0.692. The molecule has 0 saturated carbocycles. The number of rotatable bonds is 6. The van der Waals surface area contributed by atoms with Gasteiger partial charge < -0.3 is 10.2 Å².